The average molecular weight is 143 g/mol. The average Bonchev–Trinajstić information content (AvgIpc) is 1.81. The van der Waals surface area contributed by atoms with Gasteiger partial charge in [0, 0.05) is 6.08 Å². The van der Waals surface area contributed by atoms with Crippen LogP contribution < -0.4 is 5.90 Å². The summed E-state index contributed by atoms with van der Waals surface area (Å²) >= 11 is 0. The predicted molar refractivity (Wildman–Crippen MR) is 38.9 cm³/mol. The smallest absolute Gasteiger partial charge is 0.348 e. The van der Waals surface area contributed by atoms with Crippen LogP contribution in [0.15, 0.2) is 12.2 Å². The van der Waals surface area contributed by atoms with Gasteiger partial charge < -0.3 is 4.84 Å². The van der Waals surface area contributed by atoms with Crippen molar-refractivity contribution in [2.24, 2.45) is 11.3 Å². The van der Waals surface area contributed by atoms with Crippen molar-refractivity contribution in [2.45, 2.75) is 20.8 Å². The van der Waals surface area contributed by atoms with Crippen LogP contribution in [0.4, 0.5) is 0 Å². The third-order valence-electron chi connectivity index (χ3n) is 0.836. The first-order chi connectivity index (χ1) is 4.45. The van der Waals surface area contributed by atoms with Crippen LogP contribution in [0.1, 0.15) is 20.8 Å². The molecule has 0 bridgehead atoms. The molecule has 2 N–H and O–H groups in total. The summed E-state index contributed by atoms with van der Waals surface area (Å²) in [6.45, 7) is 5.94. The number of carbonyl (C=O) groups excluding carboxylic acids is 1. The normalized spacial score (nSPS) is 12.0. The Labute approximate surface area is 60.8 Å². The standard InChI is InChI=1S/C7H13NO2/c1-7(2,3)5-4-6(9)10-8/h4-5H,8H2,1-3H3/b5-4+. The summed E-state index contributed by atoms with van der Waals surface area (Å²) in [6, 6.07) is 0. The summed E-state index contributed by atoms with van der Waals surface area (Å²) < 4.78 is 0. The predicted octanol–water partition coefficient (Wildman–Crippen LogP) is 1.01. The molecule has 0 saturated carbocycles. The van der Waals surface area contributed by atoms with E-state index in [0.717, 1.165) is 0 Å². The molecule has 0 aliphatic rings. The second-order valence-electron chi connectivity index (χ2n) is 3.14. The van der Waals surface area contributed by atoms with Gasteiger partial charge in [-0.3, -0.25) is 0 Å². The minimum absolute atomic E-state index is 0.00576. The largest absolute Gasteiger partial charge is 0.370 e. The van der Waals surface area contributed by atoms with Gasteiger partial charge in [0.1, 0.15) is 0 Å². The first-order valence-corrected chi connectivity index (χ1v) is 3.05. The Morgan fingerprint density at radius 1 is 1.50 bits per heavy atom. The maximum absolute atomic E-state index is 10.4. The van der Waals surface area contributed by atoms with Crippen LogP contribution in [-0.4, -0.2) is 5.97 Å². The Bertz CT molecular complexity index is 144. The molecule has 0 aromatic carbocycles. The maximum atomic E-state index is 10.4. The molecular weight excluding hydrogens is 130 g/mol. The summed E-state index contributed by atoms with van der Waals surface area (Å²) in [7, 11) is 0. The highest BCUT2D eigenvalue weighted by Gasteiger charge is 2.04. The molecule has 0 saturated heterocycles. The highest BCUT2D eigenvalue weighted by molar-refractivity contribution is 5.81. The lowest BCUT2D eigenvalue weighted by Crippen LogP contribution is -2.08. The zero-order chi connectivity index (χ0) is 8.20. The zero-order valence-electron chi connectivity index (χ0n) is 6.55. The molecule has 0 amide bonds. The SMILES string of the molecule is CC(C)(C)/C=C/C(=O)ON. The van der Waals surface area contributed by atoms with Gasteiger partial charge in [0.15, 0.2) is 0 Å². The summed E-state index contributed by atoms with van der Waals surface area (Å²) in [5.74, 6) is 4.08. The van der Waals surface area contributed by atoms with Gasteiger partial charge in [0.05, 0.1) is 0 Å². The number of allylic oxidation sites excluding steroid dienone is 1. The zero-order valence-corrected chi connectivity index (χ0v) is 6.55. The topological polar surface area (TPSA) is 52.3 Å². The van der Waals surface area contributed by atoms with Gasteiger partial charge in [-0.15, -0.1) is 0 Å². The minimum atomic E-state index is -0.519. The fraction of sp³-hybridized carbons (Fsp3) is 0.571. The van der Waals surface area contributed by atoms with E-state index < -0.39 is 5.97 Å². The van der Waals surface area contributed by atoms with Gasteiger partial charge in [-0.05, 0) is 5.41 Å². The van der Waals surface area contributed by atoms with Gasteiger partial charge in [-0.2, -0.15) is 5.90 Å². The number of hydrogen-bond donors (Lipinski definition) is 1. The van der Waals surface area contributed by atoms with Gasteiger partial charge >= 0.3 is 5.97 Å². The van der Waals surface area contributed by atoms with Crippen LogP contribution in [0.25, 0.3) is 0 Å². The van der Waals surface area contributed by atoms with Crippen molar-refractivity contribution in [3.8, 4) is 0 Å². The molecular formula is C7H13NO2. The van der Waals surface area contributed by atoms with Crippen LogP contribution in [0.2, 0.25) is 0 Å². The fourth-order valence-electron chi connectivity index (χ4n) is 0.357. The van der Waals surface area contributed by atoms with E-state index in [0.29, 0.717) is 0 Å². The molecule has 0 aromatic rings. The first-order valence-electron chi connectivity index (χ1n) is 3.05. The number of carbonyl (C=O) groups is 1. The van der Waals surface area contributed by atoms with E-state index in [1.54, 1.807) is 6.08 Å². The Kier molecular flexibility index (Phi) is 3.09. The number of nitrogens with two attached hydrogens (primary N) is 1. The van der Waals surface area contributed by atoms with E-state index in [1.165, 1.54) is 6.08 Å². The molecule has 0 unspecified atom stereocenters. The van der Waals surface area contributed by atoms with Crippen LogP contribution in [-0.2, 0) is 9.63 Å². The van der Waals surface area contributed by atoms with E-state index >= 15 is 0 Å². The van der Waals surface area contributed by atoms with Gasteiger partial charge in [-0.1, -0.05) is 26.8 Å². The van der Waals surface area contributed by atoms with Gasteiger partial charge in [-0.25, -0.2) is 4.79 Å². The molecule has 0 aromatic heterocycles. The molecule has 3 heteroatoms. The van der Waals surface area contributed by atoms with Crippen molar-refractivity contribution in [3.63, 3.8) is 0 Å². The Hall–Kier alpha value is -0.830. The number of rotatable bonds is 1. The Morgan fingerprint density at radius 3 is 2.30 bits per heavy atom. The van der Waals surface area contributed by atoms with Crippen molar-refractivity contribution in [1.82, 2.24) is 0 Å². The van der Waals surface area contributed by atoms with Crippen LogP contribution >= 0.6 is 0 Å². The number of hydrogen-bond acceptors (Lipinski definition) is 3. The summed E-state index contributed by atoms with van der Waals surface area (Å²) in [5, 5.41) is 0. The second-order valence-corrected chi connectivity index (χ2v) is 3.14. The second kappa shape index (κ2) is 3.37. The molecule has 0 fully saturated rings. The molecule has 0 heterocycles. The lowest BCUT2D eigenvalue weighted by molar-refractivity contribution is -0.138. The minimum Gasteiger partial charge on any atom is -0.370 e. The quantitative estimate of drug-likeness (QED) is 0.440. The van der Waals surface area contributed by atoms with Crippen LogP contribution in [0.5, 0.6) is 0 Å². The highest BCUT2D eigenvalue weighted by Crippen LogP contribution is 2.13. The Morgan fingerprint density at radius 2 is 2.00 bits per heavy atom. The van der Waals surface area contributed by atoms with Crippen molar-refractivity contribution in [1.29, 1.82) is 0 Å². The van der Waals surface area contributed by atoms with Gasteiger partial charge in [0.2, 0.25) is 0 Å². The van der Waals surface area contributed by atoms with Crippen LogP contribution in [0, 0.1) is 5.41 Å². The van der Waals surface area contributed by atoms with E-state index in [1.807, 2.05) is 20.8 Å². The highest BCUT2D eigenvalue weighted by atomic mass is 16.7. The molecule has 0 atom stereocenters. The Balaban J connectivity index is 3.88. The molecule has 0 spiro atoms. The summed E-state index contributed by atoms with van der Waals surface area (Å²) in [5.41, 5.74) is -0.00576. The van der Waals surface area contributed by atoms with Crippen molar-refractivity contribution < 1.29 is 9.63 Å². The summed E-state index contributed by atoms with van der Waals surface area (Å²) in [6.07, 6.45) is 3.06. The molecule has 3 nitrogen and oxygen atoms in total. The molecule has 0 aliphatic carbocycles. The molecule has 0 radical (unpaired) electrons. The van der Waals surface area contributed by atoms with Crippen molar-refractivity contribution in [3.05, 3.63) is 12.2 Å². The fourth-order valence-corrected chi connectivity index (χ4v) is 0.357. The lowest BCUT2D eigenvalue weighted by atomic mass is 9.96. The molecule has 58 valence electrons. The van der Waals surface area contributed by atoms with E-state index in [-0.39, 0.29) is 5.41 Å². The molecule has 0 aliphatic heterocycles. The van der Waals surface area contributed by atoms with Crippen LogP contribution in [0.3, 0.4) is 0 Å². The monoisotopic (exact) mass is 143 g/mol. The van der Waals surface area contributed by atoms with E-state index in [9.17, 15) is 4.79 Å². The molecule has 0 rings (SSSR count). The van der Waals surface area contributed by atoms with Gasteiger partial charge in [0.25, 0.3) is 0 Å². The van der Waals surface area contributed by atoms with E-state index in [2.05, 4.69) is 10.7 Å². The summed E-state index contributed by atoms with van der Waals surface area (Å²) in [4.78, 5) is 14.3. The first kappa shape index (κ1) is 9.17. The van der Waals surface area contributed by atoms with Crippen molar-refractivity contribution >= 4 is 5.97 Å². The maximum Gasteiger partial charge on any atom is 0.348 e. The third-order valence-corrected chi connectivity index (χ3v) is 0.836. The third kappa shape index (κ3) is 5.31. The molecule has 10 heavy (non-hydrogen) atoms. The van der Waals surface area contributed by atoms with Crippen molar-refractivity contribution in [2.75, 3.05) is 0 Å². The van der Waals surface area contributed by atoms with E-state index in [4.69, 9.17) is 0 Å². The lowest BCUT2D eigenvalue weighted by Gasteiger charge is -2.09.